The van der Waals surface area contributed by atoms with Crippen LogP contribution in [0, 0.1) is 13.8 Å². The molecule has 0 unspecified atom stereocenters. The smallest absolute Gasteiger partial charge is 0.262 e. The van der Waals surface area contributed by atoms with Crippen LogP contribution in [0.15, 0.2) is 42.6 Å². The fourth-order valence-electron chi connectivity index (χ4n) is 4.40. The molecule has 0 saturated carbocycles. The Bertz CT molecular complexity index is 1090. The Morgan fingerprint density at radius 1 is 1.03 bits per heavy atom. The minimum atomic E-state index is -0.852. The number of ether oxygens (including phenoxy) is 1. The average molecular weight is 407 g/mol. The Kier molecular flexibility index (Phi) is 6.01. The molecule has 5 nitrogen and oxygen atoms in total. The number of carbonyl (C=O) groups is 2. The number of hydrogen-bond donors (Lipinski definition) is 1. The van der Waals surface area contributed by atoms with Gasteiger partial charge in [-0.15, -0.1) is 0 Å². The van der Waals surface area contributed by atoms with Crippen LogP contribution in [0.4, 0.5) is 0 Å². The van der Waals surface area contributed by atoms with Crippen LogP contribution >= 0.6 is 0 Å². The number of carbonyl (C=O) groups excluding carboxylic acids is 2. The van der Waals surface area contributed by atoms with E-state index >= 15 is 0 Å². The van der Waals surface area contributed by atoms with Crippen LogP contribution in [0.25, 0.3) is 10.9 Å². The molecule has 0 bridgehead atoms. The summed E-state index contributed by atoms with van der Waals surface area (Å²) in [7, 11) is 0. The van der Waals surface area contributed by atoms with E-state index in [0.717, 1.165) is 27.6 Å². The van der Waals surface area contributed by atoms with Gasteiger partial charge >= 0.3 is 0 Å². The number of hydrogen-bond acceptors (Lipinski definition) is 3. The van der Waals surface area contributed by atoms with E-state index in [-0.39, 0.29) is 11.8 Å². The summed E-state index contributed by atoms with van der Waals surface area (Å²) in [5.41, 5.74) is 9.07. The number of nitrogens with zero attached hydrogens (tertiary/aromatic N) is 1. The van der Waals surface area contributed by atoms with E-state index in [1.807, 2.05) is 71.0 Å². The first kappa shape index (κ1) is 21.6. The van der Waals surface area contributed by atoms with E-state index in [1.54, 1.807) is 10.8 Å². The van der Waals surface area contributed by atoms with Crippen LogP contribution in [-0.2, 0) is 10.2 Å². The molecule has 5 heteroatoms. The predicted octanol–water partition coefficient (Wildman–Crippen LogP) is 4.89. The fourth-order valence-corrected chi connectivity index (χ4v) is 4.40. The normalized spacial score (nSPS) is 11.6. The van der Waals surface area contributed by atoms with Gasteiger partial charge in [0.15, 0.2) is 0 Å². The first-order valence-corrected chi connectivity index (χ1v) is 10.5. The van der Waals surface area contributed by atoms with Gasteiger partial charge in [-0.25, -0.2) is 0 Å². The van der Waals surface area contributed by atoms with Crippen LogP contribution in [-0.4, -0.2) is 23.0 Å². The number of nitrogens with two attached hydrogens (primary N) is 1. The lowest BCUT2D eigenvalue weighted by Gasteiger charge is -2.27. The van der Waals surface area contributed by atoms with Gasteiger partial charge in [0.2, 0.25) is 5.91 Å². The zero-order chi connectivity index (χ0) is 22.1. The van der Waals surface area contributed by atoms with Gasteiger partial charge in [0.25, 0.3) is 5.91 Å². The van der Waals surface area contributed by atoms with Crippen molar-refractivity contribution in [3.63, 3.8) is 0 Å². The average Bonchev–Trinajstić information content (AvgIpc) is 3.08. The highest BCUT2D eigenvalue weighted by Gasteiger charge is 2.38. The van der Waals surface area contributed by atoms with E-state index in [2.05, 4.69) is 0 Å². The molecule has 2 aromatic carbocycles. The molecule has 0 atom stereocenters. The molecule has 0 spiro atoms. The second-order valence-corrected chi connectivity index (χ2v) is 7.75. The zero-order valence-electron chi connectivity index (χ0n) is 18.4. The molecule has 30 heavy (non-hydrogen) atoms. The highest BCUT2D eigenvalue weighted by molar-refractivity contribution is 6.06. The number of benzene rings is 2. The first-order valence-electron chi connectivity index (χ1n) is 10.5. The van der Waals surface area contributed by atoms with Gasteiger partial charge in [0, 0.05) is 17.1 Å². The molecule has 2 N–H and O–H groups in total. The molecule has 3 rings (SSSR count). The van der Waals surface area contributed by atoms with Crippen molar-refractivity contribution in [2.45, 2.75) is 52.9 Å². The third-order valence-corrected chi connectivity index (χ3v) is 6.20. The van der Waals surface area contributed by atoms with E-state index < -0.39 is 5.41 Å². The monoisotopic (exact) mass is 406 g/mol. The minimum Gasteiger partial charge on any atom is -0.494 e. The topological polar surface area (TPSA) is 74.3 Å². The zero-order valence-corrected chi connectivity index (χ0v) is 18.4. The minimum absolute atomic E-state index is 0.114. The van der Waals surface area contributed by atoms with Crippen molar-refractivity contribution in [1.29, 1.82) is 0 Å². The summed E-state index contributed by atoms with van der Waals surface area (Å²) in [6.45, 7) is 10.2. The molecule has 0 aliphatic carbocycles. The van der Waals surface area contributed by atoms with Crippen LogP contribution < -0.4 is 10.5 Å². The second-order valence-electron chi connectivity index (χ2n) is 7.75. The van der Waals surface area contributed by atoms with Crippen LogP contribution in [0.5, 0.6) is 5.75 Å². The largest absolute Gasteiger partial charge is 0.494 e. The molecule has 0 fully saturated rings. The highest BCUT2D eigenvalue weighted by atomic mass is 16.5. The third-order valence-electron chi connectivity index (χ3n) is 6.20. The van der Waals surface area contributed by atoms with E-state index in [4.69, 9.17) is 10.5 Å². The maximum atomic E-state index is 13.6. The summed E-state index contributed by atoms with van der Waals surface area (Å²) in [5.74, 6) is 0.207. The number of amides is 1. The van der Waals surface area contributed by atoms with Gasteiger partial charge < -0.3 is 10.5 Å². The standard InChI is InChI=1S/C25H30N2O3/c1-6-25(7-2,24(26)29)20-15-27(21-13-12-18(30-8-3)14-19(20)21)23(28)22-16(4)10-9-11-17(22)5/h9-15H,6-8H2,1-5H3,(H2,26,29). The van der Waals surface area contributed by atoms with Gasteiger partial charge in [-0.2, -0.15) is 0 Å². The van der Waals surface area contributed by atoms with E-state index in [9.17, 15) is 9.59 Å². The van der Waals surface area contributed by atoms with Gasteiger partial charge in [-0.1, -0.05) is 32.0 Å². The maximum Gasteiger partial charge on any atom is 0.262 e. The molecule has 0 radical (unpaired) electrons. The molecule has 3 aromatic rings. The van der Waals surface area contributed by atoms with Crippen molar-refractivity contribution in [3.05, 3.63) is 64.8 Å². The van der Waals surface area contributed by atoms with Crippen molar-refractivity contribution in [2.75, 3.05) is 6.61 Å². The number of aryl methyl sites for hydroxylation is 2. The van der Waals surface area contributed by atoms with Crippen LogP contribution in [0.3, 0.4) is 0 Å². The second kappa shape index (κ2) is 8.34. The summed E-state index contributed by atoms with van der Waals surface area (Å²) in [4.78, 5) is 26.2. The molecule has 0 saturated heterocycles. The Morgan fingerprint density at radius 2 is 1.67 bits per heavy atom. The Morgan fingerprint density at radius 3 is 2.20 bits per heavy atom. The summed E-state index contributed by atoms with van der Waals surface area (Å²) >= 11 is 0. The SMILES string of the molecule is CCOc1ccc2c(c1)c(C(CC)(CC)C(N)=O)cn2C(=O)c1c(C)cccc1C. The lowest BCUT2D eigenvalue weighted by atomic mass is 9.75. The number of rotatable bonds is 7. The Labute approximate surface area is 177 Å². The van der Waals surface area contributed by atoms with Crippen LogP contribution in [0.1, 0.15) is 60.7 Å². The van der Waals surface area contributed by atoms with E-state index in [0.29, 0.717) is 30.8 Å². The molecule has 1 heterocycles. The summed E-state index contributed by atoms with van der Waals surface area (Å²) in [5, 5.41) is 0.822. The quantitative estimate of drug-likeness (QED) is 0.607. The predicted molar refractivity (Wildman–Crippen MR) is 120 cm³/mol. The lowest BCUT2D eigenvalue weighted by Crippen LogP contribution is -2.40. The summed E-state index contributed by atoms with van der Waals surface area (Å²) in [6, 6.07) is 11.5. The number of primary amides is 1. The van der Waals surface area contributed by atoms with Crippen molar-refractivity contribution >= 4 is 22.7 Å². The molecular formula is C25H30N2O3. The fraction of sp³-hybridized carbons (Fsp3) is 0.360. The molecular weight excluding hydrogens is 376 g/mol. The molecule has 1 amide bonds. The van der Waals surface area contributed by atoms with Crippen molar-refractivity contribution in [2.24, 2.45) is 5.73 Å². The summed E-state index contributed by atoms with van der Waals surface area (Å²) in [6.07, 6.45) is 2.90. The first-order chi connectivity index (χ1) is 14.3. The molecule has 1 aromatic heterocycles. The lowest BCUT2D eigenvalue weighted by molar-refractivity contribution is -0.123. The summed E-state index contributed by atoms with van der Waals surface area (Å²) < 4.78 is 7.34. The third kappa shape index (κ3) is 3.38. The Hall–Kier alpha value is -3.08. The van der Waals surface area contributed by atoms with Gasteiger partial charge in [-0.3, -0.25) is 14.2 Å². The molecule has 0 aliphatic heterocycles. The van der Waals surface area contributed by atoms with Crippen molar-refractivity contribution in [1.82, 2.24) is 4.57 Å². The highest BCUT2D eigenvalue weighted by Crippen LogP contribution is 2.39. The van der Waals surface area contributed by atoms with Crippen LogP contribution in [0.2, 0.25) is 0 Å². The number of fused-ring (bicyclic) bond motifs is 1. The van der Waals surface area contributed by atoms with Gasteiger partial charge in [-0.05, 0) is 68.5 Å². The molecule has 0 aliphatic rings. The van der Waals surface area contributed by atoms with E-state index in [1.165, 1.54) is 0 Å². The van der Waals surface area contributed by atoms with Gasteiger partial charge in [0.05, 0.1) is 17.5 Å². The molecule has 158 valence electrons. The number of aromatic nitrogens is 1. The Balaban J connectivity index is 2.34. The van der Waals surface area contributed by atoms with Gasteiger partial charge in [0.1, 0.15) is 5.75 Å². The van der Waals surface area contributed by atoms with Crippen molar-refractivity contribution in [3.8, 4) is 5.75 Å². The van der Waals surface area contributed by atoms with Crippen molar-refractivity contribution < 1.29 is 14.3 Å². The maximum absolute atomic E-state index is 13.6.